The lowest BCUT2D eigenvalue weighted by molar-refractivity contribution is -0.235. The van der Waals surface area contributed by atoms with Crippen molar-refractivity contribution in [1.29, 1.82) is 0 Å². The Bertz CT molecular complexity index is 615. The summed E-state index contributed by atoms with van der Waals surface area (Å²) in [6.45, 7) is 12.0. The number of hydrogen-bond acceptors (Lipinski definition) is 7. The summed E-state index contributed by atoms with van der Waals surface area (Å²) in [5.41, 5.74) is 0. The van der Waals surface area contributed by atoms with Gasteiger partial charge in [0.1, 0.15) is 12.2 Å². The zero-order valence-corrected chi connectivity index (χ0v) is 19.2. The number of unbranched alkanes of at least 4 members (excludes halogenated alkanes) is 2. The van der Waals surface area contributed by atoms with Crippen LogP contribution in [0.2, 0.25) is 0 Å². The smallest absolute Gasteiger partial charge is 0.313 e. The quantitative estimate of drug-likeness (QED) is 0.312. The Labute approximate surface area is 180 Å². The fourth-order valence-electron chi connectivity index (χ4n) is 4.22. The largest absolute Gasteiger partial charge is 0.456 e. The molecule has 7 heteroatoms. The standard InChI is InChI=1S/C23H38O7/c1-7-9-10-11-13-15(12-8-2)20(24)26-18-17(16-14-25-22(3,4)28-16)27-21-19(18)29-23(5,6)30-21/h11,13,15-19,21H,7-10,12,14H2,1-6H3/b13-11+/t15-,16-,17-,18+,19-,21-/m1/s1. The summed E-state index contributed by atoms with van der Waals surface area (Å²) >= 11 is 0. The molecule has 3 heterocycles. The van der Waals surface area contributed by atoms with Gasteiger partial charge in [0.15, 0.2) is 30.1 Å². The molecule has 172 valence electrons. The molecule has 0 spiro atoms. The minimum absolute atomic E-state index is 0.254. The van der Waals surface area contributed by atoms with E-state index in [-0.39, 0.29) is 18.0 Å². The van der Waals surface area contributed by atoms with Gasteiger partial charge in [-0.3, -0.25) is 4.79 Å². The molecule has 0 aromatic rings. The molecular formula is C23H38O7. The molecule has 3 aliphatic rings. The molecule has 0 saturated carbocycles. The minimum Gasteiger partial charge on any atom is -0.456 e. The number of esters is 1. The van der Waals surface area contributed by atoms with E-state index in [1.54, 1.807) is 0 Å². The lowest BCUT2D eigenvalue weighted by atomic mass is 10.0. The Kier molecular flexibility index (Phi) is 7.62. The highest BCUT2D eigenvalue weighted by molar-refractivity contribution is 5.74. The van der Waals surface area contributed by atoms with Crippen LogP contribution in [-0.4, -0.2) is 54.9 Å². The van der Waals surface area contributed by atoms with Gasteiger partial charge in [-0.1, -0.05) is 45.3 Å². The van der Waals surface area contributed by atoms with E-state index in [1.807, 2.05) is 33.8 Å². The van der Waals surface area contributed by atoms with Crippen molar-refractivity contribution in [3.05, 3.63) is 12.2 Å². The molecule has 0 N–H and O–H groups in total. The molecule has 0 radical (unpaired) electrons. The molecule has 30 heavy (non-hydrogen) atoms. The first-order valence-corrected chi connectivity index (χ1v) is 11.4. The number of carbonyl (C=O) groups excluding carboxylic acids is 1. The molecule has 0 aliphatic carbocycles. The number of allylic oxidation sites excluding steroid dienone is 1. The molecule has 3 aliphatic heterocycles. The normalized spacial score (nSPS) is 35.6. The number of hydrogen-bond donors (Lipinski definition) is 0. The fraction of sp³-hybridized carbons (Fsp3) is 0.870. The molecule has 3 saturated heterocycles. The maximum Gasteiger partial charge on any atom is 0.313 e. The molecule has 0 aromatic heterocycles. The first-order chi connectivity index (χ1) is 14.2. The number of carbonyl (C=O) groups is 1. The van der Waals surface area contributed by atoms with Gasteiger partial charge in [0.05, 0.1) is 12.5 Å². The third-order valence-electron chi connectivity index (χ3n) is 5.67. The second kappa shape index (κ2) is 9.65. The van der Waals surface area contributed by atoms with Crippen LogP contribution >= 0.6 is 0 Å². The van der Waals surface area contributed by atoms with Gasteiger partial charge >= 0.3 is 5.97 Å². The predicted octanol–water partition coefficient (Wildman–Crippen LogP) is 4.09. The second-order valence-corrected chi connectivity index (χ2v) is 9.30. The maximum absolute atomic E-state index is 13.1. The van der Waals surface area contributed by atoms with Crippen molar-refractivity contribution in [3.63, 3.8) is 0 Å². The minimum atomic E-state index is -0.792. The van der Waals surface area contributed by atoms with E-state index in [2.05, 4.69) is 19.9 Å². The average molecular weight is 427 g/mol. The van der Waals surface area contributed by atoms with Crippen molar-refractivity contribution in [2.45, 2.75) is 116 Å². The molecule has 3 rings (SSSR count). The van der Waals surface area contributed by atoms with Crippen LogP contribution in [0.5, 0.6) is 0 Å². The van der Waals surface area contributed by atoms with E-state index in [0.29, 0.717) is 6.61 Å². The van der Waals surface area contributed by atoms with E-state index in [0.717, 1.165) is 32.1 Å². The summed E-state index contributed by atoms with van der Waals surface area (Å²) in [4.78, 5) is 13.1. The van der Waals surface area contributed by atoms with Gasteiger partial charge in [-0.25, -0.2) is 0 Å². The van der Waals surface area contributed by atoms with Gasteiger partial charge in [-0.15, -0.1) is 0 Å². The van der Waals surface area contributed by atoms with Crippen molar-refractivity contribution in [3.8, 4) is 0 Å². The summed E-state index contributed by atoms with van der Waals surface area (Å²) in [7, 11) is 0. The lowest BCUT2D eigenvalue weighted by Gasteiger charge is -2.29. The van der Waals surface area contributed by atoms with Crippen LogP contribution in [0.4, 0.5) is 0 Å². The first-order valence-electron chi connectivity index (χ1n) is 11.4. The monoisotopic (exact) mass is 426 g/mol. The van der Waals surface area contributed by atoms with E-state index in [9.17, 15) is 4.79 Å². The molecule has 0 bridgehead atoms. The molecular weight excluding hydrogens is 388 g/mol. The Balaban J connectivity index is 1.72. The fourth-order valence-corrected chi connectivity index (χ4v) is 4.22. The van der Waals surface area contributed by atoms with Crippen molar-refractivity contribution in [2.75, 3.05) is 6.61 Å². The molecule has 7 nitrogen and oxygen atoms in total. The highest BCUT2D eigenvalue weighted by Crippen LogP contribution is 2.42. The zero-order chi connectivity index (χ0) is 21.9. The van der Waals surface area contributed by atoms with Gasteiger partial charge in [-0.05, 0) is 40.5 Å². The van der Waals surface area contributed by atoms with Crippen molar-refractivity contribution >= 4 is 5.97 Å². The summed E-state index contributed by atoms with van der Waals surface area (Å²) in [5, 5.41) is 0. The first kappa shape index (κ1) is 23.7. The highest BCUT2D eigenvalue weighted by Gasteiger charge is 2.60. The van der Waals surface area contributed by atoms with E-state index in [1.165, 1.54) is 0 Å². The molecule has 0 unspecified atom stereocenters. The van der Waals surface area contributed by atoms with Crippen LogP contribution in [0.25, 0.3) is 0 Å². The topological polar surface area (TPSA) is 72.5 Å². The van der Waals surface area contributed by atoms with Gasteiger partial charge in [0.25, 0.3) is 0 Å². The number of rotatable bonds is 9. The highest BCUT2D eigenvalue weighted by atomic mass is 16.8. The van der Waals surface area contributed by atoms with Crippen LogP contribution in [0.15, 0.2) is 12.2 Å². The van der Waals surface area contributed by atoms with Crippen LogP contribution in [0, 0.1) is 5.92 Å². The van der Waals surface area contributed by atoms with Crippen LogP contribution in [-0.2, 0) is 33.2 Å². The van der Waals surface area contributed by atoms with Crippen LogP contribution < -0.4 is 0 Å². The summed E-state index contributed by atoms with van der Waals surface area (Å²) in [6.07, 6.45) is 6.35. The van der Waals surface area contributed by atoms with Crippen molar-refractivity contribution < 1.29 is 33.2 Å². The Hall–Kier alpha value is -0.990. The predicted molar refractivity (Wildman–Crippen MR) is 111 cm³/mol. The van der Waals surface area contributed by atoms with Gasteiger partial charge < -0.3 is 28.4 Å². The van der Waals surface area contributed by atoms with Crippen LogP contribution in [0.1, 0.15) is 73.6 Å². The summed E-state index contributed by atoms with van der Waals surface area (Å²) in [6, 6.07) is 0. The van der Waals surface area contributed by atoms with E-state index < -0.39 is 36.2 Å². The zero-order valence-electron chi connectivity index (χ0n) is 19.2. The number of fused-ring (bicyclic) bond motifs is 1. The maximum atomic E-state index is 13.1. The third kappa shape index (κ3) is 5.62. The van der Waals surface area contributed by atoms with Crippen molar-refractivity contribution in [1.82, 2.24) is 0 Å². The molecule has 6 atom stereocenters. The second-order valence-electron chi connectivity index (χ2n) is 9.30. The average Bonchev–Trinajstić information content (AvgIpc) is 3.27. The Morgan fingerprint density at radius 2 is 1.83 bits per heavy atom. The van der Waals surface area contributed by atoms with E-state index >= 15 is 0 Å². The Morgan fingerprint density at radius 1 is 1.07 bits per heavy atom. The molecule has 0 aromatic carbocycles. The van der Waals surface area contributed by atoms with Gasteiger partial charge in [0, 0.05) is 0 Å². The Morgan fingerprint density at radius 3 is 2.47 bits per heavy atom. The van der Waals surface area contributed by atoms with Gasteiger partial charge in [0.2, 0.25) is 0 Å². The van der Waals surface area contributed by atoms with Crippen molar-refractivity contribution in [2.24, 2.45) is 5.92 Å². The lowest BCUT2D eigenvalue weighted by Crippen LogP contribution is -2.45. The SMILES string of the molecule is CCCC/C=C/[C@@H](CCC)C(=O)O[C@@H]1[C@H]2OC(C)(C)O[C@H]2O[C@@H]1[C@H]1COC(C)(C)O1. The van der Waals surface area contributed by atoms with Gasteiger partial charge in [-0.2, -0.15) is 0 Å². The molecule has 3 fully saturated rings. The summed E-state index contributed by atoms with van der Waals surface area (Å²) in [5.74, 6) is -2.02. The number of ether oxygens (including phenoxy) is 6. The molecule has 0 amide bonds. The van der Waals surface area contributed by atoms with Crippen LogP contribution in [0.3, 0.4) is 0 Å². The third-order valence-corrected chi connectivity index (χ3v) is 5.67. The summed E-state index contributed by atoms with van der Waals surface area (Å²) < 4.78 is 35.8. The van der Waals surface area contributed by atoms with E-state index in [4.69, 9.17) is 28.4 Å².